The van der Waals surface area contributed by atoms with E-state index in [2.05, 4.69) is 15.9 Å². The molecule has 0 aromatic heterocycles. The Labute approximate surface area is 109 Å². The van der Waals surface area contributed by atoms with Crippen LogP contribution in [0.15, 0.2) is 22.7 Å². The second-order valence-corrected chi connectivity index (χ2v) is 5.65. The van der Waals surface area contributed by atoms with Gasteiger partial charge in [-0.1, -0.05) is 13.8 Å². The highest BCUT2D eigenvalue weighted by molar-refractivity contribution is 9.10. The topological polar surface area (TPSA) is 29.5 Å². The Balaban J connectivity index is 2.09. The molecule has 0 saturated heterocycles. The summed E-state index contributed by atoms with van der Waals surface area (Å²) in [5, 5.41) is 9.76. The Morgan fingerprint density at radius 3 is 2.82 bits per heavy atom. The highest BCUT2D eigenvalue weighted by atomic mass is 79.9. The molecule has 1 aromatic rings. The van der Waals surface area contributed by atoms with Gasteiger partial charge >= 0.3 is 0 Å². The maximum atomic E-state index is 13.1. The Morgan fingerprint density at radius 1 is 1.59 bits per heavy atom. The zero-order valence-electron chi connectivity index (χ0n) is 9.91. The van der Waals surface area contributed by atoms with Gasteiger partial charge in [0.05, 0.1) is 10.6 Å². The van der Waals surface area contributed by atoms with Crippen molar-refractivity contribution < 1.29 is 14.2 Å². The SMILES string of the molecule is CCC1(C)C(O)CC1Oc1ccc(F)c(Br)c1. The Kier molecular flexibility index (Phi) is 3.46. The fourth-order valence-electron chi connectivity index (χ4n) is 2.16. The number of rotatable bonds is 3. The van der Waals surface area contributed by atoms with Gasteiger partial charge in [0.15, 0.2) is 0 Å². The van der Waals surface area contributed by atoms with E-state index in [-0.39, 0.29) is 23.4 Å². The van der Waals surface area contributed by atoms with Crippen molar-refractivity contribution in [1.82, 2.24) is 0 Å². The summed E-state index contributed by atoms with van der Waals surface area (Å²) in [6, 6.07) is 4.61. The zero-order chi connectivity index (χ0) is 12.6. The standard InChI is InChI=1S/C13H16BrFO2/c1-3-13(2)11(16)7-12(13)17-8-4-5-10(15)9(14)6-8/h4-6,11-12,16H,3,7H2,1-2H3. The fourth-order valence-corrected chi connectivity index (χ4v) is 2.51. The van der Waals surface area contributed by atoms with Crippen LogP contribution in [0.25, 0.3) is 0 Å². The van der Waals surface area contributed by atoms with Crippen molar-refractivity contribution >= 4 is 15.9 Å². The highest BCUT2D eigenvalue weighted by Gasteiger charge is 2.51. The number of benzene rings is 1. The fraction of sp³-hybridized carbons (Fsp3) is 0.538. The van der Waals surface area contributed by atoms with Gasteiger partial charge in [0.1, 0.15) is 17.7 Å². The third kappa shape index (κ3) is 2.20. The summed E-state index contributed by atoms with van der Waals surface area (Å²) in [5.41, 5.74) is -0.194. The van der Waals surface area contributed by atoms with Crippen LogP contribution >= 0.6 is 15.9 Å². The Bertz CT molecular complexity index is 424. The zero-order valence-corrected chi connectivity index (χ0v) is 11.5. The Morgan fingerprint density at radius 2 is 2.29 bits per heavy atom. The van der Waals surface area contributed by atoms with Gasteiger partial charge in [-0.3, -0.25) is 0 Å². The van der Waals surface area contributed by atoms with Gasteiger partial charge in [0, 0.05) is 11.8 Å². The van der Waals surface area contributed by atoms with Crippen LogP contribution in [0.2, 0.25) is 0 Å². The second-order valence-electron chi connectivity index (χ2n) is 4.79. The van der Waals surface area contributed by atoms with Crippen LogP contribution in [0.3, 0.4) is 0 Å². The van der Waals surface area contributed by atoms with E-state index < -0.39 is 0 Å². The summed E-state index contributed by atoms with van der Waals surface area (Å²) in [6.45, 7) is 4.06. The average molecular weight is 303 g/mol. The van der Waals surface area contributed by atoms with Crippen LogP contribution in [0.5, 0.6) is 5.75 Å². The smallest absolute Gasteiger partial charge is 0.137 e. The third-order valence-electron chi connectivity index (χ3n) is 3.87. The van der Waals surface area contributed by atoms with Gasteiger partial charge in [-0.25, -0.2) is 4.39 Å². The molecule has 2 rings (SSSR count). The molecule has 0 radical (unpaired) electrons. The molecule has 1 saturated carbocycles. The van der Waals surface area contributed by atoms with E-state index in [9.17, 15) is 9.50 Å². The number of aliphatic hydroxyl groups excluding tert-OH is 1. The molecule has 0 aliphatic heterocycles. The lowest BCUT2D eigenvalue weighted by atomic mass is 9.63. The van der Waals surface area contributed by atoms with E-state index >= 15 is 0 Å². The molecule has 94 valence electrons. The minimum atomic E-state index is -0.304. The van der Waals surface area contributed by atoms with Gasteiger partial charge in [-0.15, -0.1) is 0 Å². The van der Waals surface area contributed by atoms with Gasteiger partial charge in [0.2, 0.25) is 0 Å². The number of hydrogen-bond acceptors (Lipinski definition) is 2. The van der Waals surface area contributed by atoms with Crippen molar-refractivity contribution in [2.75, 3.05) is 0 Å². The third-order valence-corrected chi connectivity index (χ3v) is 4.47. The first-order valence-electron chi connectivity index (χ1n) is 5.77. The molecular weight excluding hydrogens is 287 g/mol. The molecule has 17 heavy (non-hydrogen) atoms. The predicted octanol–water partition coefficient (Wildman–Crippen LogP) is 3.52. The molecule has 4 heteroatoms. The summed E-state index contributed by atoms with van der Waals surface area (Å²) in [6.07, 6.45) is 1.20. The van der Waals surface area contributed by atoms with Gasteiger partial charge in [-0.2, -0.15) is 0 Å². The normalized spacial score (nSPS) is 32.1. The Hall–Kier alpha value is -0.610. The largest absolute Gasteiger partial charge is 0.490 e. The molecule has 1 aliphatic rings. The molecule has 1 fully saturated rings. The molecule has 1 aromatic carbocycles. The molecular formula is C13H16BrFO2. The summed E-state index contributed by atoms with van der Waals surface area (Å²) < 4.78 is 19.3. The predicted molar refractivity (Wildman–Crippen MR) is 67.5 cm³/mol. The molecule has 0 bridgehead atoms. The summed E-state index contributed by atoms with van der Waals surface area (Å²) in [4.78, 5) is 0. The lowest BCUT2D eigenvalue weighted by Gasteiger charge is -2.50. The van der Waals surface area contributed by atoms with Crippen LogP contribution in [-0.2, 0) is 0 Å². The quantitative estimate of drug-likeness (QED) is 0.926. The van der Waals surface area contributed by atoms with Crippen molar-refractivity contribution in [3.8, 4) is 5.75 Å². The van der Waals surface area contributed by atoms with Crippen molar-refractivity contribution in [3.63, 3.8) is 0 Å². The number of halogens is 2. The summed E-state index contributed by atoms with van der Waals surface area (Å²) >= 11 is 3.13. The molecule has 0 spiro atoms. The maximum Gasteiger partial charge on any atom is 0.137 e. The van der Waals surface area contributed by atoms with Crippen LogP contribution in [0.1, 0.15) is 26.7 Å². The first kappa shape index (κ1) is 12.8. The molecule has 3 atom stereocenters. The molecule has 2 nitrogen and oxygen atoms in total. The molecule has 0 heterocycles. The van der Waals surface area contributed by atoms with Crippen LogP contribution in [0, 0.1) is 11.2 Å². The monoisotopic (exact) mass is 302 g/mol. The van der Waals surface area contributed by atoms with Crippen LogP contribution < -0.4 is 4.74 Å². The first-order valence-corrected chi connectivity index (χ1v) is 6.56. The molecule has 1 aliphatic carbocycles. The van der Waals surface area contributed by atoms with Crippen molar-refractivity contribution in [3.05, 3.63) is 28.5 Å². The van der Waals surface area contributed by atoms with E-state index in [0.717, 1.165) is 6.42 Å². The lowest BCUT2D eigenvalue weighted by Crippen LogP contribution is -2.57. The van der Waals surface area contributed by atoms with Gasteiger partial charge < -0.3 is 9.84 Å². The second kappa shape index (κ2) is 4.58. The summed E-state index contributed by atoms with van der Waals surface area (Å²) in [7, 11) is 0. The van der Waals surface area contributed by atoms with Crippen LogP contribution in [0.4, 0.5) is 4.39 Å². The van der Waals surface area contributed by atoms with Gasteiger partial charge in [-0.05, 0) is 40.5 Å². The van der Waals surface area contributed by atoms with Crippen molar-refractivity contribution in [2.24, 2.45) is 5.41 Å². The number of aliphatic hydroxyl groups is 1. The lowest BCUT2D eigenvalue weighted by molar-refractivity contribution is -0.147. The highest BCUT2D eigenvalue weighted by Crippen LogP contribution is 2.46. The van der Waals surface area contributed by atoms with Crippen LogP contribution in [-0.4, -0.2) is 17.3 Å². The molecule has 3 unspecified atom stereocenters. The van der Waals surface area contributed by atoms with E-state index in [1.807, 2.05) is 13.8 Å². The minimum absolute atomic E-state index is 0.000128. The minimum Gasteiger partial charge on any atom is -0.490 e. The number of ether oxygens (including phenoxy) is 1. The van der Waals surface area contributed by atoms with Crippen molar-refractivity contribution in [1.29, 1.82) is 0 Å². The van der Waals surface area contributed by atoms with E-state index in [1.54, 1.807) is 12.1 Å². The maximum absolute atomic E-state index is 13.1. The first-order chi connectivity index (χ1) is 7.97. The van der Waals surface area contributed by atoms with Gasteiger partial charge in [0.25, 0.3) is 0 Å². The van der Waals surface area contributed by atoms with Crippen molar-refractivity contribution in [2.45, 2.75) is 38.9 Å². The molecule has 1 N–H and O–H groups in total. The van der Waals surface area contributed by atoms with E-state index in [0.29, 0.717) is 16.6 Å². The molecule has 0 amide bonds. The number of hydrogen-bond donors (Lipinski definition) is 1. The van der Waals surface area contributed by atoms with E-state index in [4.69, 9.17) is 4.74 Å². The average Bonchev–Trinajstić information content (AvgIpc) is 2.32. The van der Waals surface area contributed by atoms with E-state index in [1.165, 1.54) is 6.07 Å². The summed E-state index contributed by atoms with van der Waals surface area (Å²) in [5.74, 6) is 0.332.